The summed E-state index contributed by atoms with van der Waals surface area (Å²) in [6.07, 6.45) is 0.491. The Kier molecular flexibility index (Phi) is 7.77. The zero-order chi connectivity index (χ0) is 31.3. The Morgan fingerprint density at radius 2 is 2.00 bits per heavy atom. The fourth-order valence-corrected chi connectivity index (χ4v) is 6.01. The van der Waals surface area contributed by atoms with Gasteiger partial charge in [-0.25, -0.2) is 4.79 Å². The number of cyclic esters (lactones) is 1. The summed E-state index contributed by atoms with van der Waals surface area (Å²) in [4.78, 5) is 46.1. The Morgan fingerprint density at radius 3 is 2.67 bits per heavy atom. The fourth-order valence-electron chi connectivity index (χ4n) is 6.01. The number of aromatic nitrogens is 1. The van der Waals surface area contributed by atoms with Crippen molar-refractivity contribution in [2.45, 2.75) is 77.0 Å². The summed E-state index contributed by atoms with van der Waals surface area (Å²) >= 11 is 0. The van der Waals surface area contributed by atoms with Gasteiger partial charge in [-0.15, -0.1) is 0 Å². The monoisotopic (exact) mass is 593 g/mol. The summed E-state index contributed by atoms with van der Waals surface area (Å²) in [5.41, 5.74) is 2.22. The van der Waals surface area contributed by atoms with Gasteiger partial charge in [0.25, 0.3) is 5.56 Å². The van der Waals surface area contributed by atoms with Gasteiger partial charge < -0.3 is 33.8 Å². The first-order chi connectivity index (χ1) is 20.1. The zero-order valence-corrected chi connectivity index (χ0v) is 25.9. The minimum absolute atomic E-state index is 0.0601. The number of nitrogens with one attached hydrogen (secondary N) is 1. The molecule has 0 saturated heterocycles. The lowest BCUT2D eigenvalue weighted by molar-refractivity contribution is -0.873. The Bertz CT molecular complexity index is 1580. The second kappa shape index (κ2) is 10.9. The van der Waals surface area contributed by atoms with E-state index in [9.17, 15) is 19.5 Å². The molecule has 3 atom stereocenters. The first-order valence-electron chi connectivity index (χ1n) is 14.6. The topological polar surface area (TPSA) is 128 Å². The van der Waals surface area contributed by atoms with Gasteiger partial charge in [-0.2, -0.15) is 0 Å². The maximum atomic E-state index is 14.0. The van der Waals surface area contributed by atoms with Crippen LogP contribution in [0.25, 0.3) is 5.57 Å². The number of hydrogen-bond donors (Lipinski definition) is 2. The number of carbonyl (C=O) groups is 2. The molecule has 1 unspecified atom stereocenters. The quantitative estimate of drug-likeness (QED) is 0.207. The van der Waals surface area contributed by atoms with Crippen molar-refractivity contribution in [1.29, 1.82) is 0 Å². The molecule has 0 fully saturated rings. The van der Waals surface area contributed by atoms with Crippen molar-refractivity contribution in [1.82, 2.24) is 4.57 Å². The third-order valence-electron chi connectivity index (χ3n) is 7.84. The number of benzene rings is 1. The maximum Gasteiger partial charge on any atom is 0.355 e. The summed E-state index contributed by atoms with van der Waals surface area (Å²) in [7, 11) is 5.71. The van der Waals surface area contributed by atoms with Gasteiger partial charge in [0.15, 0.2) is 0 Å². The summed E-state index contributed by atoms with van der Waals surface area (Å²) in [5, 5.41) is 18.3. The minimum Gasteiger partial charge on any atom is -0.457 e. The van der Waals surface area contributed by atoms with Crippen LogP contribution in [0.1, 0.15) is 69.0 Å². The highest BCUT2D eigenvalue weighted by atomic mass is 16.6. The van der Waals surface area contributed by atoms with Crippen LogP contribution in [-0.4, -0.2) is 71.7 Å². The van der Waals surface area contributed by atoms with Crippen LogP contribution >= 0.6 is 0 Å². The molecule has 230 valence electrons. The average molecular weight is 594 g/mol. The molecule has 11 heteroatoms. The maximum absolute atomic E-state index is 14.0. The minimum atomic E-state index is -1.81. The van der Waals surface area contributed by atoms with Crippen LogP contribution in [0.2, 0.25) is 0 Å². The molecular weight excluding hydrogens is 552 g/mol. The van der Waals surface area contributed by atoms with Crippen LogP contribution in [-0.2, 0) is 42.7 Å². The van der Waals surface area contributed by atoms with E-state index in [1.807, 2.05) is 66.2 Å². The lowest BCUT2D eigenvalue weighted by atomic mass is 9.84. The van der Waals surface area contributed by atoms with E-state index in [1.54, 1.807) is 23.8 Å². The lowest BCUT2D eigenvalue weighted by Gasteiger charge is -2.36. The van der Waals surface area contributed by atoms with Crippen LogP contribution in [0.4, 0.5) is 5.69 Å². The molecule has 0 amide bonds. The number of esters is 2. The van der Waals surface area contributed by atoms with Gasteiger partial charge in [0, 0.05) is 28.1 Å². The van der Waals surface area contributed by atoms with E-state index >= 15 is 0 Å². The number of oxime groups is 1. The second-order valence-corrected chi connectivity index (χ2v) is 13.4. The Morgan fingerprint density at radius 1 is 1.28 bits per heavy atom. The fraction of sp³-hybridized carbons (Fsp3) is 0.500. The van der Waals surface area contributed by atoms with Crippen molar-refractivity contribution in [2.75, 3.05) is 33.0 Å². The smallest absolute Gasteiger partial charge is 0.355 e. The number of aliphatic hydroxyl groups is 1. The number of rotatable bonds is 8. The number of allylic oxidation sites excluding steroid dienone is 1. The Balaban J connectivity index is 1.57. The molecule has 4 heterocycles. The molecule has 0 spiro atoms. The molecule has 0 saturated carbocycles. The van der Waals surface area contributed by atoms with E-state index in [1.165, 1.54) is 0 Å². The molecule has 0 aliphatic carbocycles. The van der Waals surface area contributed by atoms with Crippen molar-refractivity contribution in [3.63, 3.8) is 0 Å². The summed E-state index contributed by atoms with van der Waals surface area (Å²) in [5.74, 6) is -1.47. The van der Waals surface area contributed by atoms with E-state index in [4.69, 9.17) is 14.3 Å². The molecule has 2 aromatic rings. The van der Waals surface area contributed by atoms with Gasteiger partial charge in [0.1, 0.15) is 24.9 Å². The highest BCUT2D eigenvalue weighted by Gasteiger charge is 2.51. The number of ether oxygens (including phenoxy) is 2. The van der Waals surface area contributed by atoms with Crippen molar-refractivity contribution in [2.24, 2.45) is 5.16 Å². The molecule has 3 aliphatic rings. The zero-order valence-electron chi connectivity index (χ0n) is 25.9. The number of quaternary nitrogens is 1. The van der Waals surface area contributed by atoms with Gasteiger partial charge in [-0.1, -0.05) is 30.3 Å². The standard InChI is InChI=1S/C32H41N4O7/c1-8-32(42-27(38)13-19(37)17-36(5,6)7)24-14-26-28-22(16-35(26)29(39)23(24)18-41-30(32)40)21(15-33-43-31(2,3)4)20-11-9-10-12-25(20)34-28/h9-12,14-15,19,28,34,37H,8,13,16-18H2,1-7H3/q+1/b33-15+/t19-,28?,32+/m1/s1. The molecule has 43 heavy (non-hydrogen) atoms. The third-order valence-corrected chi connectivity index (χ3v) is 7.84. The van der Waals surface area contributed by atoms with E-state index in [2.05, 4.69) is 10.5 Å². The van der Waals surface area contributed by atoms with Gasteiger partial charge in [-0.05, 0) is 44.9 Å². The van der Waals surface area contributed by atoms with Crippen molar-refractivity contribution >= 4 is 29.4 Å². The number of para-hydroxylation sites is 1. The highest BCUT2D eigenvalue weighted by molar-refractivity contribution is 6.14. The first kappa shape index (κ1) is 30.5. The van der Waals surface area contributed by atoms with Crippen LogP contribution in [0.3, 0.4) is 0 Å². The molecule has 5 rings (SSSR count). The summed E-state index contributed by atoms with van der Waals surface area (Å²) < 4.78 is 13.4. The van der Waals surface area contributed by atoms with E-state index in [-0.39, 0.29) is 30.6 Å². The average Bonchev–Trinajstić information content (AvgIpc) is 3.27. The predicted molar refractivity (Wildman–Crippen MR) is 161 cm³/mol. The molecule has 1 aromatic heterocycles. The Labute approximate surface area is 251 Å². The normalized spacial score (nSPS) is 21.8. The highest BCUT2D eigenvalue weighted by Crippen LogP contribution is 2.46. The second-order valence-electron chi connectivity index (χ2n) is 13.4. The first-order valence-corrected chi connectivity index (χ1v) is 14.6. The molecular formula is C32H41N4O7+. The molecule has 3 aliphatic heterocycles. The molecule has 0 radical (unpaired) electrons. The van der Waals surface area contributed by atoms with Gasteiger partial charge in [0.05, 0.1) is 51.9 Å². The number of anilines is 1. The van der Waals surface area contributed by atoms with E-state index < -0.39 is 35.3 Å². The van der Waals surface area contributed by atoms with Crippen molar-refractivity contribution in [3.05, 3.63) is 68.6 Å². The Hall–Kier alpha value is -3.96. The van der Waals surface area contributed by atoms with Crippen molar-refractivity contribution < 1.29 is 33.5 Å². The number of aliphatic hydroxyl groups excluding tert-OH is 1. The van der Waals surface area contributed by atoms with Crippen LogP contribution in [0, 0.1) is 0 Å². The largest absolute Gasteiger partial charge is 0.457 e. The van der Waals surface area contributed by atoms with Gasteiger partial charge >= 0.3 is 11.9 Å². The van der Waals surface area contributed by atoms with Gasteiger partial charge in [0.2, 0.25) is 5.60 Å². The summed E-state index contributed by atoms with van der Waals surface area (Å²) in [6, 6.07) is 9.21. The number of pyridine rings is 1. The molecule has 1 aromatic carbocycles. The van der Waals surface area contributed by atoms with Crippen LogP contribution < -0.4 is 10.9 Å². The van der Waals surface area contributed by atoms with Gasteiger partial charge in [-0.3, -0.25) is 9.59 Å². The number of nitrogens with zero attached hydrogens (tertiary/aromatic N) is 3. The molecule has 0 bridgehead atoms. The molecule has 11 nitrogen and oxygen atoms in total. The number of hydrogen-bond acceptors (Lipinski definition) is 9. The number of fused-ring (bicyclic) bond motifs is 5. The number of carbonyl (C=O) groups excluding carboxylic acids is 2. The van der Waals surface area contributed by atoms with Crippen LogP contribution in [0.15, 0.2) is 45.9 Å². The summed E-state index contributed by atoms with van der Waals surface area (Å²) in [6.45, 7) is 7.85. The van der Waals surface area contributed by atoms with Crippen molar-refractivity contribution in [3.8, 4) is 0 Å². The van der Waals surface area contributed by atoms with E-state index in [0.29, 0.717) is 28.8 Å². The predicted octanol–water partition coefficient (Wildman–Crippen LogP) is 3.25. The lowest BCUT2D eigenvalue weighted by Crippen LogP contribution is -2.48. The SMILES string of the molecule is CC[C@@]1(OC(=O)C[C@@H](O)C[N+](C)(C)C)C(=O)OCc2c1cc1n(c2=O)CC2=C(/C=N/OC(C)(C)C)c3ccccc3NC21. The number of likely N-dealkylation sites (N-methyl/N-ethyl adjacent to an activating group) is 1. The molecule has 2 N–H and O–H groups in total. The third kappa shape index (κ3) is 5.83. The van der Waals surface area contributed by atoms with E-state index in [0.717, 1.165) is 22.4 Å². The van der Waals surface area contributed by atoms with Crippen LogP contribution in [0.5, 0.6) is 0 Å².